The molecular formula is C15H23NO2. The normalized spacial score (nSPS) is 16.7. The Bertz CT molecular complexity index is 378. The third-order valence-corrected chi connectivity index (χ3v) is 2.78. The van der Waals surface area contributed by atoms with Crippen molar-refractivity contribution in [3.63, 3.8) is 0 Å². The van der Waals surface area contributed by atoms with E-state index in [-0.39, 0.29) is 11.9 Å². The second kappa shape index (κ2) is 7.04. The SMILES string of the molecule is COC1=CCC=C(C(=O)NC(C)CC(C)C)C=C1. The van der Waals surface area contributed by atoms with Crippen molar-refractivity contribution in [3.8, 4) is 0 Å². The fourth-order valence-corrected chi connectivity index (χ4v) is 2.00. The number of amides is 1. The summed E-state index contributed by atoms with van der Waals surface area (Å²) in [7, 11) is 1.63. The van der Waals surface area contributed by atoms with Gasteiger partial charge in [-0.05, 0) is 43.9 Å². The molecule has 1 N–H and O–H groups in total. The van der Waals surface area contributed by atoms with Crippen LogP contribution < -0.4 is 5.32 Å². The van der Waals surface area contributed by atoms with Crippen LogP contribution in [0.3, 0.4) is 0 Å². The highest BCUT2D eigenvalue weighted by Crippen LogP contribution is 2.12. The summed E-state index contributed by atoms with van der Waals surface area (Å²) in [4.78, 5) is 12.0. The van der Waals surface area contributed by atoms with Crippen molar-refractivity contribution < 1.29 is 9.53 Å². The maximum Gasteiger partial charge on any atom is 0.251 e. The number of carbonyl (C=O) groups is 1. The first-order valence-corrected chi connectivity index (χ1v) is 6.46. The molecule has 0 heterocycles. The van der Waals surface area contributed by atoms with Gasteiger partial charge in [-0.25, -0.2) is 0 Å². The Morgan fingerprint density at radius 2 is 2.06 bits per heavy atom. The van der Waals surface area contributed by atoms with Gasteiger partial charge in [0.2, 0.25) is 0 Å². The van der Waals surface area contributed by atoms with Gasteiger partial charge in [-0.15, -0.1) is 0 Å². The Balaban J connectivity index is 2.56. The van der Waals surface area contributed by atoms with E-state index in [4.69, 9.17) is 4.74 Å². The molecular weight excluding hydrogens is 226 g/mol. The molecule has 0 aromatic heterocycles. The van der Waals surface area contributed by atoms with Crippen molar-refractivity contribution in [1.29, 1.82) is 0 Å². The van der Waals surface area contributed by atoms with Crippen LogP contribution in [0.2, 0.25) is 0 Å². The first kappa shape index (κ1) is 14.6. The van der Waals surface area contributed by atoms with E-state index >= 15 is 0 Å². The van der Waals surface area contributed by atoms with Gasteiger partial charge in [0.15, 0.2) is 0 Å². The molecule has 1 amide bonds. The zero-order chi connectivity index (χ0) is 13.5. The van der Waals surface area contributed by atoms with Crippen LogP contribution in [-0.4, -0.2) is 19.1 Å². The zero-order valence-corrected chi connectivity index (χ0v) is 11.7. The molecule has 0 saturated heterocycles. The zero-order valence-electron chi connectivity index (χ0n) is 11.7. The molecule has 3 heteroatoms. The highest BCUT2D eigenvalue weighted by atomic mass is 16.5. The topological polar surface area (TPSA) is 38.3 Å². The molecule has 1 aliphatic rings. The van der Waals surface area contributed by atoms with Crippen LogP contribution in [0.15, 0.2) is 35.6 Å². The molecule has 0 fully saturated rings. The van der Waals surface area contributed by atoms with Crippen LogP contribution in [0.5, 0.6) is 0 Å². The molecule has 1 unspecified atom stereocenters. The van der Waals surface area contributed by atoms with Crippen LogP contribution in [-0.2, 0) is 9.53 Å². The lowest BCUT2D eigenvalue weighted by molar-refractivity contribution is -0.117. The van der Waals surface area contributed by atoms with E-state index in [9.17, 15) is 4.79 Å². The lowest BCUT2D eigenvalue weighted by Crippen LogP contribution is -2.34. The lowest BCUT2D eigenvalue weighted by atomic mass is 10.0. The molecule has 0 aromatic rings. The molecule has 0 aromatic carbocycles. The molecule has 0 radical (unpaired) electrons. The fraction of sp³-hybridized carbons (Fsp3) is 0.533. The van der Waals surface area contributed by atoms with E-state index in [2.05, 4.69) is 19.2 Å². The number of hydrogen-bond acceptors (Lipinski definition) is 2. The Hall–Kier alpha value is -1.51. The minimum atomic E-state index is -0.00912. The summed E-state index contributed by atoms with van der Waals surface area (Å²) in [5.74, 6) is 1.37. The Kier molecular flexibility index (Phi) is 5.69. The summed E-state index contributed by atoms with van der Waals surface area (Å²) < 4.78 is 5.14. The Labute approximate surface area is 110 Å². The fourth-order valence-electron chi connectivity index (χ4n) is 2.00. The van der Waals surface area contributed by atoms with Gasteiger partial charge in [-0.3, -0.25) is 4.79 Å². The van der Waals surface area contributed by atoms with Gasteiger partial charge >= 0.3 is 0 Å². The highest BCUT2D eigenvalue weighted by Gasteiger charge is 2.12. The summed E-state index contributed by atoms with van der Waals surface area (Å²) in [6.45, 7) is 6.35. The summed E-state index contributed by atoms with van der Waals surface area (Å²) >= 11 is 0. The van der Waals surface area contributed by atoms with E-state index in [1.165, 1.54) is 0 Å². The largest absolute Gasteiger partial charge is 0.497 e. The lowest BCUT2D eigenvalue weighted by Gasteiger charge is -2.16. The molecule has 0 spiro atoms. The molecule has 0 bridgehead atoms. The van der Waals surface area contributed by atoms with Crippen molar-refractivity contribution in [1.82, 2.24) is 5.32 Å². The number of rotatable bonds is 5. The van der Waals surface area contributed by atoms with Crippen LogP contribution in [0, 0.1) is 5.92 Å². The standard InChI is InChI=1S/C15H23NO2/c1-11(2)10-12(3)16-15(17)13-6-5-7-14(18-4)9-8-13/h6-9,11-12H,5,10H2,1-4H3,(H,16,17). The van der Waals surface area contributed by atoms with Gasteiger partial charge in [0.05, 0.1) is 7.11 Å². The van der Waals surface area contributed by atoms with Crippen molar-refractivity contribution in [2.24, 2.45) is 5.92 Å². The summed E-state index contributed by atoms with van der Waals surface area (Å²) in [5.41, 5.74) is 0.703. The molecule has 1 rings (SSSR count). The number of ether oxygens (including phenoxy) is 1. The molecule has 0 aliphatic heterocycles. The second-order valence-electron chi connectivity index (χ2n) is 5.04. The first-order valence-electron chi connectivity index (χ1n) is 6.46. The number of allylic oxidation sites excluding steroid dienone is 3. The summed E-state index contributed by atoms with van der Waals surface area (Å²) in [6, 6.07) is 0.199. The van der Waals surface area contributed by atoms with E-state index < -0.39 is 0 Å². The Morgan fingerprint density at radius 1 is 1.33 bits per heavy atom. The van der Waals surface area contributed by atoms with E-state index in [0.29, 0.717) is 11.5 Å². The monoisotopic (exact) mass is 249 g/mol. The van der Waals surface area contributed by atoms with Gasteiger partial charge in [-0.1, -0.05) is 19.9 Å². The highest BCUT2D eigenvalue weighted by molar-refractivity contribution is 5.96. The van der Waals surface area contributed by atoms with E-state index in [1.54, 1.807) is 13.2 Å². The van der Waals surface area contributed by atoms with Crippen LogP contribution in [0.4, 0.5) is 0 Å². The van der Waals surface area contributed by atoms with Crippen LogP contribution in [0.25, 0.3) is 0 Å². The second-order valence-corrected chi connectivity index (χ2v) is 5.04. The van der Waals surface area contributed by atoms with Crippen molar-refractivity contribution in [2.45, 2.75) is 39.7 Å². The number of methoxy groups -OCH3 is 1. The van der Waals surface area contributed by atoms with Crippen LogP contribution in [0.1, 0.15) is 33.6 Å². The molecule has 3 nitrogen and oxygen atoms in total. The average molecular weight is 249 g/mol. The summed E-state index contributed by atoms with van der Waals surface area (Å²) in [5, 5.41) is 3.02. The van der Waals surface area contributed by atoms with Gasteiger partial charge in [0, 0.05) is 11.6 Å². The summed E-state index contributed by atoms with van der Waals surface area (Å²) in [6.07, 6.45) is 9.21. The average Bonchev–Trinajstić information content (AvgIpc) is 2.52. The molecule has 18 heavy (non-hydrogen) atoms. The van der Waals surface area contributed by atoms with Crippen molar-refractivity contribution in [2.75, 3.05) is 7.11 Å². The maximum atomic E-state index is 12.0. The van der Waals surface area contributed by atoms with Crippen LogP contribution >= 0.6 is 0 Å². The van der Waals surface area contributed by atoms with Gasteiger partial charge in [0.1, 0.15) is 5.76 Å². The van der Waals surface area contributed by atoms with Gasteiger partial charge < -0.3 is 10.1 Å². The van der Waals surface area contributed by atoms with Gasteiger partial charge in [-0.2, -0.15) is 0 Å². The molecule has 100 valence electrons. The number of hydrogen-bond donors (Lipinski definition) is 1. The van der Waals surface area contributed by atoms with Gasteiger partial charge in [0.25, 0.3) is 5.91 Å². The molecule has 0 saturated carbocycles. The van der Waals surface area contributed by atoms with E-state index in [0.717, 1.165) is 18.6 Å². The molecule has 1 aliphatic carbocycles. The Morgan fingerprint density at radius 3 is 2.67 bits per heavy atom. The quantitative estimate of drug-likeness (QED) is 0.813. The van der Waals surface area contributed by atoms with E-state index in [1.807, 2.05) is 25.2 Å². The first-order chi connectivity index (χ1) is 8.52. The minimum Gasteiger partial charge on any atom is -0.497 e. The maximum absolute atomic E-state index is 12.0. The third kappa shape index (κ3) is 4.78. The minimum absolute atomic E-state index is 0.00912. The van der Waals surface area contributed by atoms with Crippen molar-refractivity contribution in [3.05, 3.63) is 35.6 Å². The smallest absolute Gasteiger partial charge is 0.251 e. The predicted octanol–water partition coefficient (Wildman–Crippen LogP) is 2.95. The number of nitrogens with one attached hydrogen (secondary N) is 1. The third-order valence-electron chi connectivity index (χ3n) is 2.78. The van der Waals surface area contributed by atoms with Crippen molar-refractivity contribution >= 4 is 5.91 Å². The molecule has 1 atom stereocenters. The number of carbonyl (C=O) groups excluding carboxylic acids is 1. The predicted molar refractivity (Wildman–Crippen MR) is 74.0 cm³/mol.